The highest BCUT2D eigenvalue weighted by atomic mass is 19.2. The standard InChI is InChI=1S/C15H14F3N/c1-2-19-9-11-8-10(6-7-13(11)16)12-4-3-5-14(17)15(12)18/h3-8,19H,2,9H2,1H3. The Kier molecular flexibility index (Phi) is 4.22. The lowest BCUT2D eigenvalue weighted by Crippen LogP contribution is -2.13. The van der Waals surface area contributed by atoms with Crippen molar-refractivity contribution in [2.45, 2.75) is 13.5 Å². The van der Waals surface area contributed by atoms with E-state index >= 15 is 0 Å². The number of hydrogen-bond acceptors (Lipinski definition) is 1. The van der Waals surface area contributed by atoms with Crippen LogP contribution in [-0.2, 0) is 6.54 Å². The zero-order valence-corrected chi connectivity index (χ0v) is 10.5. The van der Waals surface area contributed by atoms with Gasteiger partial charge in [0.2, 0.25) is 0 Å². The van der Waals surface area contributed by atoms with Crippen molar-refractivity contribution in [3.8, 4) is 11.1 Å². The third-order valence-corrected chi connectivity index (χ3v) is 2.87. The molecule has 19 heavy (non-hydrogen) atoms. The Morgan fingerprint density at radius 3 is 2.53 bits per heavy atom. The van der Waals surface area contributed by atoms with E-state index in [-0.39, 0.29) is 11.4 Å². The highest BCUT2D eigenvalue weighted by Gasteiger charge is 2.11. The molecule has 0 aliphatic carbocycles. The molecule has 0 aliphatic heterocycles. The number of halogens is 3. The molecule has 0 radical (unpaired) electrons. The molecule has 0 aliphatic rings. The molecule has 0 saturated heterocycles. The number of benzene rings is 2. The van der Waals surface area contributed by atoms with Crippen molar-refractivity contribution in [2.75, 3.05) is 6.54 Å². The molecule has 0 fully saturated rings. The van der Waals surface area contributed by atoms with Crippen LogP contribution in [0.4, 0.5) is 13.2 Å². The molecule has 0 atom stereocenters. The number of rotatable bonds is 4. The Labute approximate surface area is 110 Å². The minimum atomic E-state index is -0.913. The summed E-state index contributed by atoms with van der Waals surface area (Å²) >= 11 is 0. The van der Waals surface area contributed by atoms with Gasteiger partial charge in [0.25, 0.3) is 0 Å². The van der Waals surface area contributed by atoms with Crippen LogP contribution < -0.4 is 5.32 Å². The SMILES string of the molecule is CCNCc1cc(-c2cccc(F)c2F)ccc1F. The Balaban J connectivity index is 2.42. The molecule has 0 heterocycles. The maximum Gasteiger partial charge on any atom is 0.166 e. The molecule has 0 aromatic heterocycles. The Morgan fingerprint density at radius 1 is 1.00 bits per heavy atom. The Bertz CT molecular complexity index is 582. The van der Waals surface area contributed by atoms with Gasteiger partial charge in [-0.2, -0.15) is 0 Å². The highest BCUT2D eigenvalue weighted by Crippen LogP contribution is 2.26. The average Bonchev–Trinajstić information content (AvgIpc) is 2.41. The Hall–Kier alpha value is -1.81. The number of nitrogens with one attached hydrogen (secondary N) is 1. The van der Waals surface area contributed by atoms with Gasteiger partial charge in [0, 0.05) is 17.7 Å². The number of hydrogen-bond donors (Lipinski definition) is 1. The van der Waals surface area contributed by atoms with Gasteiger partial charge < -0.3 is 5.32 Å². The molecule has 2 rings (SSSR count). The van der Waals surface area contributed by atoms with E-state index in [1.54, 1.807) is 0 Å². The van der Waals surface area contributed by atoms with Crippen LogP contribution >= 0.6 is 0 Å². The van der Waals surface area contributed by atoms with E-state index in [0.717, 1.165) is 6.07 Å². The van der Waals surface area contributed by atoms with E-state index in [1.807, 2.05) is 6.92 Å². The maximum absolute atomic E-state index is 13.7. The highest BCUT2D eigenvalue weighted by molar-refractivity contribution is 5.65. The molecule has 0 saturated carbocycles. The molecular weight excluding hydrogens is 251 g/mol. The molecule has 2 aromatic rings. The fourth-order valence-corrected chi connectivity index (χ4v) is 1.86. The summed E-state index contributed by atoms with van der Waals surface area (Å²) in [5.41, 5.74) is 1.03. The lowest BCUT2D eigenvalue weighted by molar-refractivity contribution is 0.511. The summed E-state index contributed by atoms with van der Waals surface area (Å²) in [7, 11) is 0. The second kappa shape index (κ2) is 5.89. The van der Waals surface area contributed by atoms with Gasteiger partial charge in [0.15, 0.2) is 11.6 Å². The Morgan fingerprint density at radius 2 is 1.79 bits per heavy atom. The van der Waals surface area contributed by atoms with Crippen molar-refractivity contribution < 1.29 is 13.2 Å². The maximum atomic E-state index is 13.7. The van der Waals surface area contributed by atoms with Crippen LogP contribution in [0.5, 0.6) is 0 Å². The topological polar surface area (TPSA) is 12.0 Å². The molecule has 2 aromatic carbocycles. The largest absolute Gasteiger partial charge is 0.313 e. The van der Waals surface area contributed by atoms with E-state index in [9.17, 15) is 13.2 Å². The fourth-order valence-electron chi connectivity index (χ4n) is 1.86. The van der Waals surface area contributed by atoms with E-state index in [4.69, 9.17) is 0 Å². The van der Waals surface area contributed by atoms with Crippen LogP contribution in [0.25, 0.3) is 11.1 Å². The van der Waals surface area contributed by atoms with Crippen molar-refractivity contribution in [3.05, 3.63) is 59.4 Å². The van der Waals surface area contributed by atoms with E-state index in [0.29, 0.717) is 24.2 Å². The first-order chi connectivity index (χ1) is 9.13. The second-order valence-corrected chi connectivity index (χ2v) is 4.19. The quantitative estimate of drug-likeness (QED) is 0.884. The molecule has 4 heteroatoms. The first-order valence-electron chi connectivity index (χ1n) is 6.07. The molecule has 0 amide bonds. The lowest BCUT2D eigenvalue weighted by Gasteiger charge is -2.08. The summed E-state index contributed by atoms with van der Waals surface area (Å²) in [4.78, 5) is 0. The van der Waals surface area contributed by atoms with Gasteiger partial charge in [-0.05, 0) is 30.3 Å². The van der Waals surface area contributed by atoms with Crippen molar-refractivity contribution in [3.63, 3.8) is 0 Å². The van der Waals surface area contributed by atoms with Gasteiger partial charge in [0.05, 0.1) is 0 Å². The smallest absolute Gasteiger partial charge is 0.166 e. The van der Waals surface area contributed by atoms with Crippen molar-refractivity contribution in [1.82, 2.24) is 5.32 Å². The predicted octanol–water partition coefficient (Wildman–Crippen LogP) is 3.88. The predicted molar refractivity (Wildman–Crippen MR) is 69.1 cm³/mol. The second-order valence-electron chi connectivity index (χ2n) is 4.19. The third-order valence-electron chi connectivity index (χ3n) is 2.87. The third kappa shape index (κ3) is 2.96. The monoisotopic (exact) mass is 265 g/mol. The lowest BCUT2D eigenvalue weighted by atomic mass is 10.0. The van der Waals surface area contributed by atoms with Gasteiger partial charge in [-0.25, -0.2) is 13.2 Å². The zero-order chi connectivity index (χ0) is 13.8. The molecule has 0 unspecified atom stereocenters. The summed E-state index contributed by atoms with van der Waals surface area (Å²) in [5.74, 6) is -2.18. The van der Waals surface area contributed by atoms with E-state index in [2.05, 4.69) is 5.32 Å². The van der Waals surface area contributed by atoms with E-state index in [1.165, 1.54) is 30.3 Å². The minimum Gasteiger partial charge on any atom is -0.313 e. The van der Waals surface area contributed by atoms with Crippen LogP contribution in [0, 0.1) is 17.5 Å². The molecule has 1 N–H and O–H groups in total. The summed E-state index contributed by atoms with van der Waals surface area (Å²) < 4.78 is 40.5. The normalized spacial score (nSPS) is 10.7. The molecule has 100 valence electrons. The summed E-state index contributed by atoms with van der Waals surface area (Å²) in [5, 5.41) is 3.00. The summed E-state index contributed by atoms with van der Waals surface area (Å²) in [6, 6.07) is 8.22. The summed E-state index contributed by atoms with van der Waals surface area (Å²) in [6.45, 7) is 2.97. The molecule has 0 bridgehead atoms. The van der Waals surface area contributed by atoms with Gasteiger partial charge in [0.1, 0.15) is 5.82 Å². The first kappa shape index (κ1) is 13.6. The van der Waals surface area contributed by atoms with Crippen molar-refractivity contribution in [1.29, 1.82) is 0 Å². The summed E-state index contributed by atoms with van der Waals surface area (Å²) in [6.07, 6.45) is 0. The van der Waals surface area contributed by atoms with Crippen LogP contribution in [0.3, 0.4) is 0 Å². The van der Waals surface area contributed by atoms with Gasteiger partial charge >= 0.3 is 0 Å². The fraction of sp³-hybridized carbons (Fsp3) is 0.200. The van der Waals surface area contributed by atoms with Crippen molar-refractivity contribution >= 4 is 0 Å². The average molecular weight is 265 g/mol. The van der Waals surface area contributed by atoms with Crippen LogP contribution in [-0.4, -0.2) is 6.54 Å². The van der Waals surface area contributed by atoms with Crippen molar-refractivity contribution in [2.24, 2.45) is 0 Å². The van der Waals surface area contributed by atoms with Crippen LogP contribution in [0.2, 0.25) is 0 Å². The van der Waals surface area contributed by atoms with E-state index < -0.39 is 11.6 Å². The molecule has 1 nitrogen and oxygen atoms in total. The molecule has 0 spiro atoms. The van der Waals surface area contributed by atoms with Gasteiger partial charge in [-0.3, -0.25) is 0 Å². The van der Waals surface area contributed by atoms with Gasteiger partial charge in [-0.1, -0.05) is 25.1 Å². The van der Waals surface area contributed by atoms with Gasteiger partial charge in [-0.15, -0.1) is 0 Å². The minimum absolute atomic E-state index is 0.137. The van der Waals surface area contributed by atoms with Crippen LogP contribution in [0.1, 0.15) is 12.5 Å². The first-order valence-corrected chi connectivity index (χ1v) is 6.07. The zero-order valence-electron chi connectivity index (χ0n) is 10.5. The molecular formula is C15H14F3N. The van der Waals surface area contributed by atoms with Crippen LogP contribution in [0.15, 0.2) is 36.4 Å².